The molecule has 0 radical (unpaired) electrons. The Morgan fingerprint density at radius 3 is 2.59 bits per heavy atom. The minimum Gasteiger partial charge on any atom is -0.452 e. The molecule has 144 valence electrons. The van der Waals surface area contributed by atoms with Gasteiger partial charge in [0.25, 0.3) is 5.91 Å². The molecule has 2 atom stereocenters. The summed E-state index contributed by atoms with van der Waals surface area (Å²) in [4.78, 5) is 26.6. The minimum absolute atomic E-state index is 0.0551. The van der Waals surface area contributed by atoms with Gasteiger partial charge in [0.05, 0.1) is 17.2 Å². The lowest BCUT2D eigenvalue weighted by atomic mass is 10.1. The molecule has 3 rings (SSSR count). The number of nitrogens with zero attached hydrogens (tertiary/aromatic N) is 2. The zero-order valence-electron chi connectivity index (χ0n) is 15.4. The second kappa shape index (κ2) is 8.10. The maximum atomic E-state index is 12.6. The van der Waals surface area contributed by atoms with E-state index in [0.717, 1.165) is 0 Å². The van der Waals surface area contributed by atoms with Crippen LogP contribution in [0.4, 0.5) is 0 Å². The topological polar surface area (TPSA) is 81.9 Å². The summed E-state index contributed by atoms with van der Waals surface area (Å²) in [6.45, 7) is 5.99. The first-order chi connectivity index (χ1) is 12.9. The molecule has 0 bridgehead atoms. The Morgan fingerprint density at radius 1 is 1.26 bits per heavy atom. The highest BCUT2D eigenvalue weighted by molar-refractivity contribution is 6.33. The van der Waals surface area contributed by atoms with E-state index in [4.69, 9.17) is 25.6 Å². The number of morpholine rings is 1. The van der Waals surface area contributed by atoms with Crippen molar-refractivity contribution in [2.45, 2.75) is 33.0 Å². The van der Waals surface area contributed by atoms with Gasteiger partial charge in [-0.05, 0) is 26.8 Å². The van der Waals surface area contributed by atoms with Crippen molar-refractivity contribution in [1.29, 1.82) is 0 Å². The van der Waals surface area contributed by atoms with E-state index in [1.54, 1.807) is 36.1 Å². The molecule has 1 aromatic heterocycles. The van der Waals surface area contributed by atoms with Gasteiger partial charge in [0.1, 0.15) is 17.0 Å². The molecule has 1 amide bonds. The van der Waals surface area contributed by atoms with E-state index in [1.165, 1.54) is 0 Å². The molecule has 0 spiro atoms. The van der Waals surface area contributed by atoms with Crippen molar-refractivity contribution in [3.05, 3.63) is 40.6 Å². The van der Waals surface area contributed by atoms with E-state index in [-0.39, 0.29) is 30.3 Å². The first-order valence-corrected chi connectivity index (χ1v) is 9.06. The van der Waals surface area contributed by atoms with Crippen molar-refractivity contribution < 1.29 is 23.6 Å². The summed E-state index contributed by atoms with van der Waals surface area (Å²) in [7, 11) is 0. The summed E-state index contributed by atoms with van der Waals surface area (Å²) < 4.78 is 16.0. The number of aryl methyl sites for hydroxylation is 1. The second-order valence-electron chi connectivity index (χ2n) is 6.57. The summed E-state index contributed by atoms with van der Waals surface area (Å²) in [5.41, 5.74) is 1.02. The van der Waals surface area contributed by atoms with Crippen LogP contribution in [0.2, 0.25) is 5.02 Å². The van der Waals surface area contributed by atoms with Crippen molar-refractivity contribution >= 4 is 23.5 Å². The van der Waals surface area contributed by atoms with Crippen molar-refractivity contribution in [3.8, 4) is 11.3 Å². The SMILES string of the molecule is Cc1onc(-c2ccccc2Cl)c1C(=O)OCC(=O)N1C[C@H](C)O[C@@H](C)C1. The molecule has 0 N–H and O–H groups in total. The van der Waals surface area contributed by atoms with E-state index in [0.29, 0.717) is 35.1 Å². The molecule has 1 fully saturated rings. The van der Waals surface area contributed by atoms with Gasteiger partial charge in [-0.2, -0.15) is 0 Å². The van der Waals surface area contributed by atoms with E-state index in [9.17, 15) is 9.59 Å². The van der Waals surface area contributed by atoms with Crippen molar-refractivity contribution in [2.75, 3.05) is 19.7 Å². The molecule has 1 saturated heterocycles. The number of hydrogen-bond donors (Lipinski definition) is 0. The lowest BCUT2D eigenvalue weighted by molar-refractivity contribution is -0.146. The third-order valence-electron chi connectivity index (χ3n) is 4.29. The van der Waals surface area contributed by atoms with Crippen molar-refractivity contribution in [2.24, 2.45) is 0 Å². The minimum atomic E-state index is -0.675. The smallest absolute Gasteiger partial charge is 0.344 e. The van der Waals surface area contributed by atoms with Gasteiger partial charge in [-0.1, -0.05) is 35.0 Å². The molecule has 0 saturated carbocycles. The Morgan fingerprint density at radius 2 is 1.93 bits per heavy atom. The largest absolute Gasteiger partial charge is 0.452 e. The summed E-state index contributed by atoms with van der Waals surface area (Å²) in [5, 5.41) is 4.37. The molecule has 0 aliphatic carbocycles. The van der Waals surface area contributed by atoms with Crippen LogP contribution >= 0.6 is 11.6 Å². The standard InChI is InChI=1S/C19H21ClN2O5/c1-11-8-22(9-12(2)26-11)16(23)10-25-19(24)17-13(3)27-21-18(17)14-6-4-5-7-15(14)20/h4-7,11-12H,8-10H2,1-3H3/t11-,12-/m0/s1. The van der Waals surface area contributed by atoms with Crippen LogP contribution in [-0.2, 0) is 14.3 Å². The predicted octanol–water partition coefficient (Wildman–Crippen LogP) is 3.10. The number of rotatable bonds is 4. The molecule has 8 heteroatoms. The van der Waals surface area contributed by atoms with E-state index in [1.807, 2.05) is 13.8 Å². The second-order valence-corrected chi connectivity index (χ2v) is 6.98. The molecular formula is C19H21ClN2O5. The van der Waals surface area contributed by atoms with Gasteiger partial charge in [-0.3, -0.25) is 4.79 Å². The van der Waals surface area contributed by atoms with Crippen LogP contribution in [0.1, 0.15) is 30.0 Å². The summed E-state index contributed by atoms with van der Waals surface area (Å²) in [6, 6.07) is 6.99. The van der Waals surface area contributed by atoms with Gasteiger partial charge in [0.15, 0.2) is 6.61 Å². The molecule has 0 unspecified atom stereocenters. The zero-order valence-corrected chi connectivity index (χ0v) is 16.2. The highest BCUT2D eigenvalue weighted by Gasteiger charge is 2.28. The average Bonchev–Trinajstić information content (AvgIpc) is 3.00. The van der Waals surface area contributed by atoms with Gasteiger partial charge in [-0.25, -0.2) is 4.79 Å². The van der Waals surface area contributed by atoms with E-state index in [2.05, 4.69) is 5.16 Å². The van der Waals surface area contributed by atoms with Crippen molar-refractivity contribution in [1.82, 2.24) is 10.1 Å². The third kappa shape index (κ3) is 4.31. The summed E-state index contributed by atoms with van der Waals surface area (Å²) >= 11 is 6.19. The highest BCUT2D eigenvalue weighted by atomic mass is 35.5. The van der Waals surface area contributed by atoms with Crippen molar-refractivity contribution in [3.63, 3.8) is 0 Å². The number of ether oxygens (including phenoxy) is 2. The Bertz CT molecular complexity index is 840. The maximum Gasteiger partial charge on any atom is 0.344 e. The Labute approximate surface area is 162 Å². The highest BCUT2D eigenvalue weighted by Crippen LogP contribution is 2.31. The Balaban J connectivity index is 1.71. The van der Waals surface area contributed by atoms with Crippen LogP contribution in [0.3, 0.4) is 0 Å². The number of benzene rings is 1. The lowest BCUT2D eigenvalue weighted by Gasteiger charge is -2.35. The molecule has 2 heterocycles. The molecule has 7 nitrogen and oxygen atoms in total. The number of carbonyl (C=O) groups is 2. The number of esters is 1. The molecule has 1 aromatic carbocycles. The predicted molar refractivity (Wildman–Crippen MR) is 98.6 cm³/mol. The molecule has 1 aliphatic heterocycles. The summed E-state index contributed by atoms with van der Waals surface area (Å²) in [5.74, 6) is -0.638. The Kier molecular flexibility index (Phi) is 5.82. The Hall–Kier alpha value is -2.38. The van der Waals surface area contributed by atoms with Crippen LogP contribution in [0, 0.1) is 6.92 Å². The summed E-state index contributed by atoms with van der Waals surface area (Å²) in [6.07, 6.45) is -0.110. The number of carbonyl (C=O) groups excluding carboxylic acids is 2. The molecular weight excluding hydrogens is 372 g/mol. The monoisotopic (exact) mass is 392 g/mol. The van der Waals surface area contributed by atoms with Crippen LogP contribution < -0.4 is 0 Å². The quantitative estimate of drug-likeness (QED) is 0.743. The maximum absolute atomic E-state index is 12.6. The number of hydrogen-bond acceptors (Lipinski definition) is 6. The first-order valence-electron chi connectivity index (χ1n) is 8.68. The third-order valence-corrected chi connectivity index (χ3v) is 4.62. The van der Waals surface area contributed by atoms with Gasteiger partial charge in [-0.15, -0.1) is 0 Å². The normalized spacial score (nSPS) is 19.8. The first kappa shape index (κ1) is 19.4. The average molecular weight is 393 g/mol. The number of aromatic nitrogens is 1. The van der Waals surface area contributed by atoms with Crippen LogP contribution in [0.15, 0.2) is 28.8 Å². The van der Waals surface area contributed by atoms with Crippen LogP contribution in [-0.4, -0.2) is 53.8 Å². The molecule has 1 aliphatic rings. The molecule has 2 aromatic rings. The number of halogens is 1. The van der Waals surface area contributed by atoms with Crippen LogP contribution in [0.5, 0.6) is 0 Å². The number of amides is 1. The van der Waals surface area contributed by atoms with E-state index < -0.39 is 5.97 Å². The fourth-order valence-electron chi connectivity index (χ4n) is 3.12. The van der Waals surface area contributed by atoms with Crippen LogP contribution in [0.25, 0.3) is 11.3 Å². The zero-order chi connectivity index (χ0) is 19.6. The lowest BCUT2D eigenvalue weighted by Crippen LogP contribution is -2.49. The fourth-order valence-corrected chi connectivity index (χ4v) is 3.35. The van der Waals surface area contributed by atoms with Gasteiger partial charge >= 0.3 is 5.97 Å². The van der Waals surface area contributed by atoms with Gasteiger partial charge in [0, 0.05) is 18.7 Å². The molecule has 27 heavy (non-hydrogen) atoms. The van der Waals surface area contributed by atoms with Gasteiger partial charge in [0.2, 0.25) is 0 Å². The van der Waals surface area contributed by atoms with E-state index >= 15 is 0 Å². The fraction of sp³-hybridized carbons (Fsp3) is 0.421. The van der Waals surface area contributed by atoms with Gasteiger partial charge < -0.3 is 18.9 Å².